The smallest absolute Gasteiger partial charge is 0.407 e. The lowest BCUT2D eigenvalue weighted by atomic mass is 9.96. The maximum Gasteiger partial charge on any atom is 0.407 e. The highest BCUT2D eigenvalue weighted by molar-refractivity contribution is 14.1. The van der Waals surface area contributed by atoms with Gasteiger partial charge in [0.25, 0.3) is 0 Å². The van der Waals surface area contributed by atoms with Crippen molar-refractivity contribution in [3.05, 3.63) is 53.9 Å². The molecule has 1 saturated carbocycles. The van der Waals surface area contributed by atoms with Crippen molar-refractivity contribution in [3.63, 3.8) is 0 Å². The fourth-order valence-electron chi connectivity index (χ4n) is 4.45. The Morgan fingerprint density at radius 1 is 1.35 bits per heavy atom. The third-order valence-corrected chi connectivity index (χ3v) is 6.39. The van der Waals surface area contributed by atoms with Gasteiger partial charge in [0, 0.05) is 23.9 Å². The van der Waals surface area contributed by atoms with Gasteiger partial charge in [0.15, 0.2) is 0 Å². The molecule has 1 aromatic carbocycles. The van der Waals surface area contributed by atoms with Crippen LogP contribution < -0.4 is 10.6 Å². The molecule has 2 heterocycles. The molecule has 1 aliphatic carbocycles. The Hall–Kier alpha value is -1.61. The number of alkyl carbamates (subject to hydrolysis) is 1. The number of amides is 1. The number of benzene rings is 1. The summed E-state index contributed by atoms with van der Waals surface area (Å²) in [6, 6.07) is 11.8. The van der Waals surface area contributed by atoms with E-state index in [9.17, 15) is 4.79 Å². The highest BCUT2D eigenvalue weighted by Crippen LogP contribution is 2.62. The van der Waals surface area contributed by atoms with Crippen LogP contribution in [0.3, 0.4) is 0 Å². The van der Waals surface area contributed by atoms with Gasteiger partial charge in [0.1, 0.15) is 6.61 Å². The monoisotopic (exact) mass is 466 g/mol. The number of carbonyl (C=O) groups is 1. The second-order valence-corrected chi connectivity index (χ2v) is 7.68. The molecule has 1 aliphatic heterocycles. The van der Waals surface area contributed by atoms with E-state index in [1.54, 1.807) is 0 Å². The van der Waals surface area contributed by atoms with Crippen molar-refractivity contribution in [2.75, 3.05) is 19.6 Å². The van der Waals surface area contributed by atoms with Crippen molar-refractivity contribution in [3.8, 4) is 0 Å². The number of carbonyl (C=O) groups excluding carboxylic acids is 1. The molecule has 3 atom stereocenters. The zero-order valence-corrected chi connectivity index (χ0v) is 16.7. The zero-order valence-electron chi connectivity index (χ0n) is 14.5. The van der Waals surface area contributed by atoms with E-state index in [0.29, 0.717) is 25.0 Å². The molecule has 4 rings (SSSR count). The molecule has 3 unspecified atom stereocenters. The minimum Gasteiger partial charge on any atom is -0.445 e. The minimum atomic E-state index is -0.356. The number of aromatic nitrogens is 2. The number of fused-ring (bicyclic) bond motifs is 1. The molecule has 1 aromatic heterocycles. The van der Waals surface area contributed by atoms with Gasteiger partial charge in [-0.15, -0.1) is 0 Å². The maximum atomic E-state index is 12.2. The summed E-state index contributed by atoms with van der Waals surface area (Å²) in [5, 5.41) is 11.0. The topological polar surface area (TPSA) is 68.2 Å². The summed E-state index contributed by atoms with van der Waals surface area (Å²) in [5.74, 6) is 1.14. The molecule has 138 valence electrons. The van der Waals surface area contributed by atoms with E-state index in [4.69, 9.17) is 4.74 Å². The van der Waals surface area contributed by atoms with E-state index in [0.717, 1.165) is 29.6 Å². The van der Waals surface area contributed by atoms with Gasteiger partial charge in [0.2, 0.25) is 0 Å². The van der Waals surface area contributed by atoms with E-state index in [1.165, 1.54) is 5.69 Å². The first kappa shape index (κ1) is 17.8. The molecule has 0 radical (unpaired) electrons. The van der Waals surface area contributed by atoms with Crippen LogP contribution in [0.5, 0.6) is 0 Å². The zero-order chi connectivity index (χ0) is 18.0. The fourth-order valence-corrected chi connectivity index (χ4v) is 5.00. The minimum absolute atomic E-state index is 0.0308. The van der Waals surface area contributed by atoms with Crippen LogP contribution in [0.25, 0.3) is 0 Å². The van der Waals surface area contributed by atoms with E-state index < -0.39 is 0 Å². The van der Waals surface area contributed by atoms with Gasteiger partial charge in [0.05, 0.1) is 4.55 Å². The predicted molar refractivity (Wildman–Crippen MR) is 107 cm³/mol. The van der Waals surface area contributed by atoms with Crippen LogP contribution in [0, 0.1) is 11.8 Å². The number of hydrogen-bond acceptors (Lipinski definition) is 4. The third kappa shape index (κ3) is 3.22. The lowest BCUT2D eigenvalue weighted by Crippen LogP contribution is -2.36. The summed E-state index contributed by atoms with van der Waals surface area (Å²) in [6.45, 7) is 2.93. The van der Waals surface area contributed by atoms with Crippen molar-refractivity contribution in [1.29, 1.82) is 0 Å². The molecular formula is C19H23IN4O2. The first-order valence-electron chi connectivity index (χ1n) is 8.99. The van der Waals surface area contributed by atoms with Gasteiger partial charge in [-0.25, -0.2) is 4.79 Å². The number of piperidine rings is 1. The van der Waals surface area contributed by atoms with Crippen LogP contribution in [0.15, 0.2) is 42.6 Å². The number of nitrogens with one attached hydrogen (secondary N) is 2. The summed E-state index contributed by atoms with van der Waals surface area (Å²) in [5.41, 5.74) is 2.19. The molecule has 1 saturated heterocycles. The molecular weight excluding hydrogens is 443 g/mol. The molecule has 7 heteroatoms. The maximum absolute atomic E-state index is 12.2. The van der Waals surface area contributed by atoms with Gasteiger partial charge in [-0.05, 0) is 43.0 Å². The summed E-state index contributed by atoms with van der Waals surface area (Å²) >= 11 is 2.33. The molecule has 0 spiro atoms. The summed E-state index contributed by atoms with van der Waals surface area (Å²) in [4.78, 5) is 12.2. The van der Waals surface area contributed by atoms with Crippen molar-refractivity contribution in [2.45, 2.75) is 23.0 Å². The van der Waals surface area contributed by atoms with Crippen LogP contribution in [0.1, 0.15) is 17.7 Å². The lowest BCUT2D eigenvalue weighted by molar-refractivity contribution is 0.138. The molecule has 26 heavy (non-hydrogen) atoms. The Balaban J connectivity index is 1.43. The number of halogens is 1. The number of rotatable bonds is 6. The van der Waals surface area contributed by atoms with Crippen molar-refractivity contribution < 1.29 is 9.53 Å². The highest BCUT2D eigenvalue weighted by Gasteiger charge is 2.66. The lowest BCUT2D eigenvalue weighted by Gasteiger charge is -2.20. The predicted octanol–water partition coefficient (Wildman–Crippen LogP) is 2.68. The Bertz CT molecular complexity index is 752. The normalized spacial score (nSPS) is 26.8. The van der Waals surface area contributed by atoms with Crippen LogP contribution >= 0.6 is 22.6 Å². The van der Waals surface area contributed by atoms with Gasteiger partial charge in [-0.2, -0.15) is 5.10 Å². The van der Waals surface area contributed by atoms with Crippen molar-refractivity contribution in [2.24, 2.45) is 11.8 Å². The first-order valence-corrected chi connectivity index (χ1v) is 10.5. The van der Waals surface area contributed by atoms with Crippen LogP contribution in [-0.2, 0) is 21.3 Å². The van der Waals surface area contributed by atoms with Gasteiger partial charge >= 0.3 is 6.09 Å². The molecule has 2 N–H and O–H groups in total. The second-order valence-electron chi connectivity index (χ2n) is 7.00. The Kier molecular flexibility index (Phi) is 5.17. The molecule has 1 amide bonds. The fraction of sp³-hybridized carbons (Fsp3) is 0.474. The molecule has 2 fully saturated rings. The Morgan fingerprint density at radius 2 is 2.19 bits per heavy atom. The third-order valence-electron chi connectivity index (χ3n) is 5.74. The first-order chi connectivity index (χ1) is 12.8. The molecule has 0 bridgehead atoms. The van der Waals surface area contributed by atoms with Crippen LogP contribution in [0.2, 0.25) is 0 Å². The molecule has 2 aromatic rings. The van der Waals surface area contributed by atoms with Crippen molar-refractivity contribution >= 4 is 28.7 Å². The van der Waals surface area contributed by atoms with Crippen LogP contribution in [-0.4, -0.2) is 35.5 Å². The quantitative estimate of drug-likeness (QED) is 0.508. The SMILES string of the molecule is O=C(NCC1(c2ccnn2CI)C2CCNCC21)OCc1ccccc1. The van der Waals surface area contributed by atoms with E-state index >= 15 is 0 Å². The number of ether oxygens (including phenoxy) is 1. The number of nitrogens with zero attached hydrogens (tertiary/aromatic N) is 2. The molecule has 2 aliphatic rings. The summed E-state index contributed by atoms with van der Waals surface area (Å²) in [7, 11) is 0. The van der Waals surface area contributed by atoms with Crippen LogP contribution in [0.4, 0.5) is 4.79 Å². The Labute approximate surface area is 166 Å². The van der Waals surface area contributed by atoms with E-state index in [1.807, 2.05) is 36.5 Å². The standard InChI is InChI=1S/C19H23IN4O2/c20-13-24-17(7-9-23-24)19(15-6-8-21-10-16(15)19)12-22-18(25)26-11-14-4-2-1-3-5-14/h1-5,7,9,15-16,21H,6,8,10-13H2,(H,22,25). The van der Waals surface area contributed by atoms with Gasteiger partial charge in [-0.3, -0.25) is 4.68 Å². The van der Waals surface area contributed by atoms with E-state index in [-0.39, 0.29) is 11.5 Å². The largest absolute Gasteiger partial charge is 0.445 e. The highest BCUT2D eigenvalue weighted by atomic mass is 127. The van der Waals surface area contributed by atoms with Crippen molar-refractivity contribution in [1.82, 2.24) is 20.4 Å². The summed E-state index contributed by atoms with van der Waals surface area (Å²) < 4.78 is 8.25. The summed E-state index contributed by atoms with van der Waals surface area (Å²) in [6.07, 6.45) is 2.64. The van der Waals surface area contributed by atoms with E-state index in [2.05, 4.69) is 49.1 Å². The van der Waals surface area contributed by atoms with Gasteiger partial charge in [-0.1, -0.05) is 52.9 Å². The molecule has 6 nitrogen and oxygen atoms in total. The average molecular weight is 466 g/mol. The number of hydrogen-bond donors (Lipinski definition) is 2. The Morgan fingerprint density at radius 3 is 2.92 bits per heavy atom. The number of alkyl halides is 1. The average Bonchev–Trinajstić information content (AvgIpc) is 3.08. The van der Waals surface area contributed by atoms with Gasteiger partial charge < -0.3 is 15.4 Å². The second kappa shape index (κ2) is 7.56.